The number of hydrogen-bond acceptors (Lipinski definition) is 9. The fourth-order valence-electron chi connectivity index (χ4n) is 3.00. The average Bonchev–Trinajstić information content (AvgIpc) is 3.43. The van der Waals surface area contributed by atoms with Gasteiger partial charge in [-0.15, -0.1) is 5.10 Å². The highest BCUT2D eigenvalue weighted by atomic mass is 35.5. The Balaban J connectivity index is 1.74. The average molecular weight is 487 g/mol. The van der Waals surface area contributed by atoms with Crippen molar-refractivity contribution in [2.24, 2.45) is 5.10 Å². The molecule has 168 valence electrons. The van der Waals surface area contributed by atoms with Crippen LogP contribution in [-0.4, -0.2) is 42.0 Å². The predicted octanol–water partition coefficient (Wildman–Crippen LogP) is 3.46. The molecule has 2 aromatic heterocycles. The highest BCUT2D eigenvalue weighted by molar-refractivity contribution is 6.42. The van der Waals surface area contributed by atoms with E-state index in [4.69, 9.17) is 28.9 Å². The molecular weight excluding hydrogens is 471 g/mol. The first-order valence-electron chi connectivity index (χ1n) is 9.54. The van der Waals surface area contributed by atoms with Crippen LogP contribution in [0.15, 0.2) is 52.2 Å². The van der Waals surface area contributed by atoms with E-state index in [1.54, 1.807) is 30.3 Å². The maximum atomic E-state index is 13.0. The van der Waals surface area contributed by atoms with Crippen LogP contribution in [0.4, 0.5) is 5.82 Å². The Kier molecular flexibility index (Phi) is 6.24. The molecule has 0 fully saturated rings. The fourth-order valence-corrected chi connectivity index (χ4v) is 3.29. The molecule has 0 atom stereocenters. The zero-order chi connectivity index (χ0) is 23.5. The number of hydrazone groups is 1. The summed E-state index contributed by atoms with van der Waals surface area (Å²) in [6, 6.07) is 11.2. The maximum absolute atomic E-state index is 13.0. The van der Waals surface area contributed by atoms with Crippen LogP contribution >= 0.6 is 23.2 Å². The molecule has 0 unspecified atom stereocenters. The molecule has 4 rings (SSSR count). The van der Waals surface area contributed by atoms with Gasteiger partial charge in [-0.1, -0.05) is 41.4 Å². The minimum Gasteiger partial charge on any atom is -0.508 e. The molecule has 33 heavy (non-hydrogen) atoms. The first-order chi connectivity index (χ1) is 15.9. The van der Waals surface area contributed by atoms with Crippen molar-refractivity contribution in [1.82, 2.24) is 30.7 Å². The van der Waals surface area contributed by atoms with Crippen molar-refractivity contribution in [2.45, 2.75) is 13.3 Å². The van der Waals surface area contributed by atoms with E-state index >= 15 is 0 Å². The molecule has 0 bridgehead atoms. The normalized spacial score (nSPS) is 11.5. The smallest absolute Gasteiger partial charge is 0.294 e. The van der Waals surface area contributed by atoms with Gasteiger partial charge in [0.15, 0.2) is 5.69 Å². The van der Waals surface area contributed by atoms with Crippen molar-refractivity contribution in [2.75, 3.05) is 5.73 Å². The molecule has 0 aliphatic heterocycles. The van der Waals surface area contributed by atoms with Crippen LogP contribution in [0.5, 0.6) is 5.75 Å². The molecule has 0 saturated carbocycles. The number of aromatic hydroxyl groups is 1. The highest BCUT2D eigenvalue weighted by Crippen LogP contribution is 2.31. The molecular formula is C20H16Cl2N8O3. The number of phenols is 1. The Morgan fingerprint density at radius 1 is 1.18 bits per heavy atom. The van der Waals surface area contributed by atoms with Gasteiger partial charge in [0.05, 0.1) is 15.8 Å². The topological polar surface area (TPSA) is 157 Å². The van der Waals surface area contributed by atoms with Crippen LogP contribution in [0.25, 0.3) is 17.1 Å². The Labute approximate surface area is 196 Å². The standard InChI is InChI=1S/C20H16Cl2N8O3/c1-2-15(10-3-6-12(31)7-4-10)24-26-20(32)16-17(11-5-8-13(21)14(22)9-11)30(29-25-16)19-18(23)27-33-28-19/h3-9,31H,2H2,1H3,(H2,23,27)(H,26,32)/b24-15+. The number of hydrogen-bond donors (Lipinski definition) is 3. The van der Waals surface area contributed by atoms with Gasteiger partial charge in [0.2, 0.25) is 11.6 Å². The van der Waals surface area contributed by atoms with Crippen LogP contribution in [0.2, 0.25) is 10.0 Å². The van der Waals surface area contributed by atoms with Crippen molar-refractivity contribution in [3.05, 3.63) is 63.8 Å². The highest BCUT2D eigenvalue weighted by Gasteiger charge is 2.25. The Bertz CT molecular complexity index is 1350. The fraction of sp³-hybridized carbons (Fsp3) is 0.100. The number of nitrogen functional groups attached to an aromatic ring is 1. The third-order valence-electron chi connectivity index (χ3n) is 4.60. The number of aromatic nitrogens is 5. The van der Waals surface area contributed by atoms with Crippen molar-refractivity contribution >= 4 is 40.6 Å². The van der Waals surface area contributed by atoms with Gasteiger partial charge in [-0.05, 0) is 58.7 Å². The molecule has 0 spiro atoms. The lowest BCUT2D eigenvalue weighted by Crippen LogP contribution is -2.21. The quantitative estimate of drug-likeness (QED) is 0.276. The third-order valence-corrected chi connectivity index (χ3v) is 5.34. The molecule has 13 heteroatoms. The van der Waals surface area contributed by atoms with Gasteiger partial charge in [0.1, 0.15) is 11.4 Å². The first-order valence-corrected chi connectivity index (χ1v) is 10.3. The number of halogens is 2. The van der Waals surface area contributed by atoms with E-state index in [0.29, 0.717) is 22.7 Å². The van der Waals surface area contributed by atoms with Crippen molar-refractivity contribution in [3.63, 3.8) is 0 Å². The number of nitrogens with two attached hydrogens (primary N) is 1. The summed E-state index contributed by atoms with van der Waals surface area (Å²) in [7, 11) is 0. The van der Waals surface area contributed by atoms with Crippen molar-refractivity contribution in [1.29, 1.82) is 0 Å². The number of phenolic OH excluding ortho intramolecular Hbond substituents is 1. The van der Waals surface area contributed by atoms with Gasteiger partial charge >= 0.3 is 0 Å². The van der Waals surface area contributed by atoms with E-state index in [1.807, 2.05) is 6.92 Å². The Morgan fingerprint density at radius 2 is 1.94 bits per heavy atom. The third kappa shape index (κ3) is 4.49. The summed E-state index contributed by atoms with van der Waals surface area (Å²) in [5.41, 5.74) is 10.3. The van der Waals surface area contributed by atoms with Gasteiger partial charge in [0, 0.05) is 5.56 Å². The van der Waals surface area contributed by atoms with Crippen molar-refractivity contribution in [3.8, 4) is 22.8 Å². The van der Waals surface area contributed by atoms with E-state index in [9.17, 15) is 9.90 Å². The maximum Gasteiger partial charge on any atom is 0.294 e. The predicted molar refractivity (Wildman–Crippen MR) is 121 cm³/mol. The SMILES string of the molecule is CC/C(=N\NC(=O)c1nnn(-c2nonc2N)c1-c1ccc(Cl)c(Cl)c1)c1ccc(O)cc1. The van der Waals surface area contributed by atoms with Gasteiger partial charge in [-0.3, -0.25) is 4.79 Å². The van der Waals surface area contributed by atoms with Gasteiger partial charge < -0.3 is 10.8 Å². The lowest BCUT2D eigenvalue weighted by Gasteiger charge is -2.08. The molecule has 2 aromatic carbocycles. The van der Waals surface area contributed by atoms with Gasteiger partial charge in [0.25, 0.3) is 5.91 Å². The van der Waals surface area contributed by atoms with E-state index in [-0.39, 0.29) is 33.8 Å². The van der Waals surface area contributed by atoms with E-state index < -0.39 is 5.91 Å². The largest absolute Gasteiger partial charge is 0.508 e. The number of anilines is 1. The summed E-state index contributed by atoms with van der Waals surface area (Å²) >= 11 is 12.2. The number of rotatable bonds is 6. The van der Waals surface area contributed by atoms with Gasteiger partial charge in [-0.2, -0.15) is 9.78 Å². The molecule has 0 aliphatic rings. The molecule has 0 radical (unpaired) electrons. The van der Waals surface area contributed by atoms with E-state index in [0.717, 1.165) is 5.56 Å². The zero-order valence-electron chi connectivity index (χ0n) is 17.0. The second kappa shape index (κ2) is 9.27. The minimum absolute atomic E-state index is 0.0458. The second-order valence-electron chi connectivity index (χ2n) is 6.70. The number of amides is 1. The number of nitrogens with zero attached hydrogens (tertiary/aromatic N) is 6. The van der Waals surface area contributed by atoms with E-state index in [2.05, 4.69) is 35.8 Å². The summed E-state index contributed by atoms with van der Waals surface area (Å²) in [6.45, 7) is 1.88. The van der Waals surface area contributed by atoms with Crippen LogP contribution < -0.4 is 11.2 Å². The first kappa shape index (κ1) is 22.2. The molecule has 11 nitrogen and oxygen atoms in total. The number of carbonyl (C=O) groups is 1. The number of benzene rings is 2. The second-order valence-corrected chi connectivity index (χ2v) is 7.51. The summed E-state index contributed by atoms with van der Waals surface area (Å²) < 4.78 is 5.87. The van der Waals surface area contributed by atoms with Crippen LogP contribution in [0, 0.1) is 0 Å². The summed E-state index contributed by atoms with van der Waals surface area (Å²) in [5, 5.41) is 29.5. The molecule has 1 amide bonds. The molecule has 4 aromatic rings. The summed E-state index contributed by atoms with van der Waals surface area (Å²) in [6.07, 6.45) is 0.526. The van der Waals surface area contributed by atoms with Crippen molar-refractivity contribution < 1.29 is 14.5 Å². The molecule has 0 saturated heterocycles. The number of nitrogens with one attached hydrogen (secondary N) is 1. The Morgan fingerprint density at radius 3 is 2.58 bits per heavy atom. The minimum atomic E-state index is -0.637. The monoisotopic (exact) mass is 486 g/mol. The van der Waals surface area contributed by atoms with E-state index in [1.165, 1.54) is 16.8 Å². The molecule has 0 aliphatic carbocycles. The zero-order valence-corrected chi connectivity index (χ0v) is 18.5. The van der Waals surface area contributed by atoms with Gasteiger partial charge in [-0.25, -0.2) is 10.1 Å². The summed E-state index contributed by atoms with van der Waals surface area (Å²) in [4.78, 5) is 13.0. The van der Waals surface area contributed by atoms with Crippen LogP contribution in [0.3, 0.4) is 0 Å². The molecule has 2 heterocycles. The Hall–Kier alpha value is -3.96. The van der Waals surface area contributed by atoms with Crippen LogP contribution in [0.1, 0.15) is 29.4 Å². The summed E-state index contributed by atoms with van der Waals surface area (Å²) in [5.74, 6) is -0.513. The lowest BCUT2D eigenvalue weighted by molar-refractivity contribution is 0.0950. The van der Waals surface area contributed by atoms with Crippen LogP contribution in [-0.2, 0) is 0 Å². The lowest BCUT2D eigenvalue weighted by atomic mass is 10.1. The number of carbonyl (C=O) groups excluding carboxylic acids is 1. The molecule has 4 N–H and O–H groups in total.